The minimum absolute atomic E-state index is 0.0264. The fraction of sp³-hybridized carbons (Fsp3) is 0.438. The molecule has 1 aliphatic rings. The van der Waals surface area contributed by atoms with Crippen LogP contribution in [0.1, 0.15) is 29.5 Å². The van der Waals surface area contributed by atoms with Crippen LogP contribution < -0.4 is 5.73 Å². The second kappa shape index (κ2) is 5.14. The van der Waals surface area contributed by atoms with E-state index < -0.39 is 0 Å². The first-order valence-electron chi connectivity index (χ1n) is 7.11. The molecule has 5 heteroatoms. The van der Waals surface area contributed by atoms with E-state index in [1.807, 2.05) is 30.0 Å². The van der Waals surface area contributed by atoms with Crippen LogP contribution >= 0.6 is 15.9 Å². The van der Waals surface area contributed by atoms with Crippen LogP contribution in [0.15, 0.2) is 27.1 Å². The van der Waals surface area contributed by atoms with E-state index in [0.717, 1.165) is 34.0 Å². The zero-order valence-corrected chi connectivity index (χ0v) is 13.9. The molecule has 4 nitrogen and oxygen atoms in total. The lowest BCUT2D eigenvalue weighted by molar-refractivity contribution is 0.0746. The van der Waals surface area contributed by atoms with Crippen molar-refractivity contribution in [2.75, 3.05) is 19.6 Å². The van der Waals surface area contributed by atoms with Crippen LogP contribution in [-0.2, 0) is 0 Å². The summed E-state index contributed by atoms with van der Waals surface area (Å²) in [7, 11) is 0. The van der Waals surface area contributed by atoms with E-state index in [9.17, 15) is 4.79 Å². The molecule has 0 spiro atoms. The number of nitrogens with two attached hydrogens (primary N) is 1. The van der Waals surface area contributed by atoms with E-state index in [2.05, 4.69) is 22.9 Å². The van der Waals surface area contributed by atoms with Gasteiger partial charge in [-0.15, -0.1) is 0 Å². The predicted molar refractivity (Wildman–Crippen MR) is 86.3 cm³/mol. The molecule has 1 fully saturated rings. The highest BCUT2D eigenvalue weighted by Crippen LogP contribution is 2.33. The van der Waals surface area contributed by atoms with Crippen molar-refractivity contribution in [3.8, 4) is 0 Å². The van der Waals surface area contributed by atoms with Gasteiger partial charge >= 0.3 is 0 Å². The summed E-state index contributed by atoms with van der Waals surface area (Å²) in [5.74, 6) is 0.418. The Morgan fingerprint density at radius 2 is 2.29 bits per heavy atom. The average Bonchev–Trinajstić information content (AvgIpc) is 3.01. The van der Waals surface area contributed by atoms with Crippen molar-refractivity contribution in [1.82, 2.24) is 4.90 Å². The van der Waals surface area contributed by atoms with Gasteiger partial charge in [-0.2, -0.15) is 0 Å². The summed E-state index contributed by atoms with van der Waals surface area (Å²) in [4.78, 5) is 14.6. The van der Waals surface area contributed by atoms with Gasteiger partial charge in [-0.05, 0) is 43.5 Å². The number of nitrogens with zero attached hydrogens (tertiary/aromatic N) is 1. The summed E-state index contributed by atoms with van der Waals surface area (Å²) in [5.41, 5.74) is 7.49. The molecule has 0 radical (unpaired) electrons. The normalized spacial score (nSPS) is 22.2. The van der Waals surface area contributed by atoms with Crippen molar-refractivity contribution in [1.29, 1.82) is 0 Å². The van der Waals surface area contributed by atoms with Crippen LogP contribution in [0.5, 0.6) is 0 Å². The van der Waals surface area contributed by atoms with Gasteiger partial charge < -0.3 is 15.1 Å². The molecule has 112 valence electrons. The molecule has 21 heavy (non-hydrogen) atoms. The standard InChI is InChI=1S/C16H19BrN2O2/c1-10-12-7-11(17)3-4-13(12)21-14(10)15(20)19-6-5-16(2,8-18)9-19/h3-4,7H,5-6,8-9,18H2,1-2H3. The molecule has 2 N–H and O–H groups in total. The van der Waals surface area contributed by atoms with Crippen LogP contribution in [-0.4, -0.2) is 30.4 Å². The van der Waals surface area contributed by atoms with Crippen molar-refractivity contribution in [2.24, 2.45) is 11.1 Å². The Morgan fingerprint density at radius 1 is 1.52 bits per heavy atom. The maximum Gasteiger partial charge on any atom is 0.289 e. The Hall–Kier alpha value is -1.33. The Labute approximate surface area is 132 Å². The Balaban J connectivity index is 1.94. The molecule has 3 rings (SSSR count). The molecular weight excluding hydrogens is 332 g/mol. The van der Waals surface area contributed by atoms with Gasteiger partial charge in [0.25, 0.3) is 5.91 Å². The van der Waals surface area contributed by atoms with Crippen LogP contribution in [0.3, 0.4) is 0 Å². The second-order valence-electron chi connectivity index (χ2n) is 6.19. The van der Waals surface area contributed by atoms with Crippen molar-refractivity contribution in [2.45, 2.75) is 20.3 Å². The topological polar surface area (TPSA) is 59.5 Å². The lowest BCUT2D eigenvalue weighted by Crippen LogP contribution is -2.34. The molecule has 0 bridgehead atoms. The molecule has 1 aliphatic heterocycles. The fourth-order valence-electron chi connectivity index (χ4n) is 2.90. The number of hydrogen-bond donors (Lipinski definition) is 1. The number of hydrogen-bond acceptors (Lipinski definition) is 3. The lowest BCUT2D eigenvalue weighted by Gasteiger charge is -2.22. The van der Waals surface area contributed by atoms with Crippen LogP contribution in [0.2, 0.25) is 0 Å². The summed E-state index contributed by atoms with van der Waals surface area (Å²) in [5, 5.41) is 0.980. The monoisotopic (exact) mass is 350 g/mol. The molecule has 1 unspecified atom stereocenters. The fourth-order valence-corrected chi connectivity index (χ4v) is 3.27. The Bertz CT molecular complexity index is 710. The van der Waals surface area contributed by atoms with Crippen molar-refractivity contribution >= 4 is 32.8 Å². The predicted octanol–water partition coefficient (Wildman–Crippen LogP) is 3.31. The van der Waals surface area contributed by atoms with Crippen LogP contribution in [0.4, 0.5) is 0 Å². The number of benzene rings is 1. The van der Waals surface area contributed by atoms with Crippen LogP contribution in [0.25, 0.3) is 11.0 Å². The first kappa shape index (κ1) is 14.6. The summed E-state index contributed by atoms with van der Waals surface area (Å²) in [6.07, 6.45) is 0.945. The van der Waals surface area contributed by atoms with Gasteiger partial charge in [0.2, 0.25) is 0 Å². The minimum atomic E-state index is -0.0306. The molecule has 2 aromatic rings. The lowest BCUT2D eigenvalue weighted by atomic mass is 9.90. The maximum atomic E-state index is 12.7. The quantitative estimate of drug-likeness (QED) is 0.903. The summed E-state index contributed by atoms with van der Waals surface area (Å²) >= 11 is 3.45. The molecule has 1 amide bonds. The number of furan rings is 1. The molecule has 1 aromatic carbocycles. The van der Waals surface area contributed by atoms with Gasteiger partial charge in [0.05, 0.1) is 0 Å². The molecular formula is C16H19BrN2O2. The zero-order chi connectivity index (χ0) is 15.2. The highest BCUT2D eigenvalue weighted by molar-refractivity contribution is 9.10. The van der Waals surface area contributed by atoms with Crippen LogP contribution in [0, 0.1) is 12.3 Å². The number of carbonyl (C=O) groups excluding carboxylic acids is 1. The number of fused-ring (bicyclic) bond motifs is 1. The third kappa shape index (κ3) is 2.49. The largest absolute Gasteiger partial charge is 0.451 e. The summed E-state index contributed by atoms with van der Waals surface area (Å²) in [6.45, 7) is 6.10. The second-order valence-corrected chi connectivity index (χ2v) is 7.10. The molecule has 1 saturated heterocycles. The minimum Gasteiger partial charge on any atom is -0.451 e. The van der Waals surface area contributed by atoms with E-state index in [4.69, 9.17) is 10.2 Å². The van der Waals surface area contributed by atoms with E-state index in [0.29, 0.717) is 18.8 Å². The highest BCUT2D eigenvalue weighted by Gasteiger charge is 2.36. The number of likely N-dealkylation sites (tertiary alicyclic amines) is 1. The first-order valence-corrected chi connectivity index (χ1v) is 7.91. The SMILES string of the molecule is Cc1c(C(=O)N2CCC(C)(CN)C2)oc2ccc(Br)cc12. The number of amides is 1. The van der Waals surface area contributed by atoms with E-state index in [1.54, 1.807) is 0 Å². The Morgan fingerprint density at radius 3 is 2.95 bits per heavy atom. The number of carbonyl (C=O) groups is 1. The van der Waals surface area contributed by atoms with Crippen molar-refractivity contribution < 1.29 is 9.21 Å². The van der Waals surface area contributed by atoms with Crippen molar-refractivity contribution in [3.63, 3.8) is 0 Å². The summed E-state index contributed by atoms with van der Waals surface area (Å²) < 4.78 is 6.77. The van der Waals surface area contributed by atoms with Gasteiger partial charge in [-0.1, -0.05) is 22.9 Å². The smallest absolute Gasteiger partial charge is 0.289 e. The zero-order valence-electron chi connectivity index (χ0n) is 12.3. The summed E-state index contributed by atoms with van der Waals surface area (Å²) in [6, 6.07) is 5.79. The first-order chi connectivity index (χ1) is 9.93. The average molecular weight is 351 g/mol. The van der Waals surface area contributed by atoms with Crippen molar-refractivity contribution in [3.05, 3.63) is 34.0 Å². The van der Waals surface area contributed by atoms with E-state index in [-0.39, 0.29) is 11.3 Å². The number of rotatable bonds is 2. The molecule has 0 saturated carbocycles. The van der Waals surface area contributed by atoms with Gasteiger partial charge in [-0.25, -0.2) is 0 Å². The molecule has 0 aliphatic carbocycles. The number of aryl methyl sites for hydroxylation is 1. The van der Waals surface area contributed by atoms with E-state index in [1.165, 1.54) is 0 Å². The van der Waals surface area contributed by atoms with Gasteiger partial charge in [-0.3, -0.25) is 4.79 Å². The number of halogens is 1. The Kier molecular flexibility index (Phi) is 3.58. The highest BCUT2D eigenvalue weighted by atomic mass is 79.9. The molecule has 1 aromatic heterocycles. The van der Waals surface area contributed by atoms with Gasteiger partial charge in [0.1, 0.15) is 5.58 Å². The van der Waals surface area contributed by atoms with E-state index >= 15 is 0 Å². The third-order valence-corrected chi connectivity index (χ3v) is 4.92. The maximum absolute atomic E-state index is 12.7. The third-order valence-electron chi connectivity index (χ3n) is 4.43. The molecule has 1 atom stereocenters. The van der Waals surface area contributed by atoms with Gasteiger partial charge in [0.15, 0.2) is 5.76 Å². The molecule has 2 heterocycles. The van der Waals surface area contributed by atoms with Gasteiger partial charge in [0, 0.05) is 28.5 Å².